The fraction of sp³-hybridized carbons (Fsp3) is 0.632. The lowest BCUT2D eigenvalue weighted by Gasteiger charge is -2.18. The highest BCUT2D eigenvalue weighted by atomic mass is 32.2. The van der Waals surface area contributed by atoms with Crippen LogP contribution in [0.25, 0.3) is 10.2 Å². The number of carbonyl (C=O) groups is 1. The van der Waals surface area contributed by atoms with Gasteiger partial charge in [0.2, 0.25) is 5.91 Å². The molecule has 0 bridgehead atoms. The lowest BCUT2D eigenvalue weighted by Crippen LogP contribution is -2.28. The first-order valence-corrected chi connectivity index (χ1v) is 11.0. The van der Waals surface area contributed by atoms with Gasteiger partial charge in [0.15, 0.2) is 5.16 Å². The van der Waals surface area contributed by atoms with Crippen LogP contribution in [0.5, 0.6) is 0 Å². The van der Waals surface area contributed by atoms with E-state index in [0.29, 0.717) is 23.5 Å². The van der Waals surface area contributed by atoms with Gasteiger partial charge in [-0.15, -0.1) is 11.3 Å². The molecule has 0 fully saturated rings. The van der Waals surface area contributed by atoms with E-state index in [9.17, 15) is 9.59 Å². The Bertz CT molecular complexity index is 885. The molecular weight excluding hydrogens is 366 g/mol. The summed E-state index contributed by atoms with van der Waals surface area (Å²) in [6.07, 6.45) is 4.01. The van der Waals surface area contributed by atoms with Crippen molar-refractivity contribution in [2.24, 2.45) is 17.6 Å². The molecule has 142 valence electrons. The number of hydrogen-bond acceptors (Lipinski definition) is 5. The van der Waals surface area contributed by atoms with Gasteiger partial charge in [0, 0.05) is 11.4 Å². The predicted molar refractivity (Wildman–Crippen MR) is 109 cm³/mol. The number of thiophene rings is 1. The van der Waals surface area contributed by atoms with E-state index in [2.05, 4.69) is 20.8 Å². The van der Waals surface area contributed by atoms with E-state index in [-0.39, 0.29) is 11.5 Å². The molecule has 2 atom stereocenters. The quantitative estimate of drug-likeness (QED) is 0.601. The van der Waals surface area contributed by atoms with Gasteiger partial charge in [-0.3, -0.25) is 14.2 Å². The normalized spacial score (nSPS) is 18.3. The molecule has 1 aliphatic carbocycles. The Balaban J connectivity index is 2.13. The van der Waals surface area contributed by atoms with Crippen LogP contribution in [0.1, 0.15) is 51.0 Å². The number of aromatic nitrogens is 2. The Hall–Kier alpha value is -1.34. The number of hydrogen-bond donors (Lipinski definition) is 1. The van der Waals surface area contributed by atoms with Crippen LogP contribution in [0.4, 0.5) is 0 Å². The minimum atomic E-state index is -0.417. The zero-order valence-corrected chi connectivity index (χ0v) is 17.5. The number of carbonyl (C=O) groups excluding carboxylic acids is 1. The van der Waals surface area contributed by atoms with E-state index in [1.807, 2.05) is 0 Å². The molecule has 1 aliphatic rings. The van der Waals surface area contributed by atoms with Gasteiger partial charge < -0.3 is 5.73 Å². The van der Waals surface area contributed by atoms with E-state index in [0.717, 1.165) is 35.9 Å². The number of nitrogens with two attached hydrogens (primary N) is 1. The summed E-state index contributed by atoms with van der Waals surface area (Å²) in [6.45, 7) is 8.93. The van der Waals surface area contributed by atoms with Crippen molar-refractivity contribution in [1.29, 1.82) is 0 Å². The van der Waals surface area contributed by atoms with Gasteiger partial charge in [0.25, 0.3) is 5.56 Å². The van der Waals surface area contributed by atoms with Gasteiger partial charge in [0.05, 0.1) is 10.6 Å². The molecule has 0 unspecified atom stereocenters. The Kier molecular flexibility index (Phi) is 5.77. The second kappa shape index (κ2) is 7.72. The van der Waals surface area contributed by atoms with Crippen molar-refractivity contribution in [2.75, 3.05) is 0 Å². The van der Waals surface area contributed by atoms with Crippen molar-refractivity contribution in [2.45, 2.75) is 70.3 Å². The van der Waals surface area contributed by atoms with E-state index in [1.165, 1.54) is 22.2 Å². The first-order chi connectivity index (χ1) is 12.3. The molecule has 2 aromatic rings. The van der Waals surface area contributed by atoms with Crippen LogP contribution in [0.3, 0.4) is 0 Å². The van der Waals surface area contributed by atoms with Crippen LogP contribution in [0.15, 0.2) is 9.95 Å². The maximum absolute atomic E-state index is 13.3. The first-order valence-electron chi connectivity index (χ1n) is 9.29. The number of thioether (sulfide) groups is 1. The lowest BCUT2D eigenvalue weighted by atomic mass is 9.89. The van der Waals surface area contributed by atoms with Crippen molar-refractivity contribution < 1.29 is 4.79 Å². The van der Waals surface area contributed by atoms with Crippen LogP contribution in [-0.2, 0) is 24.2 Å². The molecule has 2 N–H and O–H groups in total. The van der Waals surface area contributed by atoms with Crippen LogP contribution in [-0.4, -0.2) is 20.7 Å². The Morgan fingerprint density at radius 3 is 2.81 bits per heavy atom. The predicted octanol–water partition coefficient (Wildman–Crippen LogP) is 3.59. The smallest absolute Gasteiger partial charge is 0.263 e. The summed E-state index contributed by atoms with van der Waals surface area (Å²) in [5.41, 5.74) is 6.68. The molecule has 0 aromatic carbocycles. The molecule has 0 aliphatic heterocycles. The third kappa shape index (κ3) is 3.83. The molecule has 1 amide bonds. The molecule has 0 saturated heterocycles. The molecule has 2 aromatic heterocycles. The summed E-state index contributed by atoms with van der Waals surface area (Å²) in [4.78, 5) is 31.8. The van der Waals surface area contributed by atoms with E-state index in [4.69, 9.17) is 10.7 Å². The molecule has 0 spiro atoms. The van der Waals surface area contributed by atoms with Crippen molar-refractivity contribution >= 4 is 39.2 Å². The van der Waals surface area contributed by atoms with Crippen molar-refractivity contribution in [3.63, 3.8) is 0 Å². The zero-order valence-electron chi connectivity index (χ0n) is 15.9. The number of rotatable bonds is 6. The van der Waals surface area contributed by atoms with Gasteiger partial charge in [-0.05, 0) is 50.0 Å². The van der Waals surface area contributed by atoms with Gasteiger partial charge in [0.1, 0.15) is 4.83 Å². The summed E-state index contributed by atoms with van der Waals surface area (Å²) in [6, 6.07) is 0. The second-order valence-corrected chi connectivity index (χ2v) is 10.1. The second-order valence-electron chi connectivity index (χ2n) is 7.73. The maximum Gasteiger partial charge on any atom is 0.263 e. The Morgan fingerprint density at radius 1 is 1.42 bits per heavy atom. The van der Waals surface area contributed by atoms with Crippen LogP contribution < -0.4 is 11.3 Å². The number of primary amides is 1. The van der Waals surface area contributed by atoms with Gasteiger partial charge >= 0.3 is 0 Å². The van der Waals surface area contributed by atoms with Crippen LogP contribution >= 0.6 is 23.1 Å². The minimum Gasteiger partial charge on any atom is -0.369 e. The van der Waals surface area contributed by atoms with Crippen molar-refractivity contribution in [3.8, 4) is 0 Å². The van der Waals surface area contributed by atoms with E-state index >= 15 is 0 Å². The van der Waals surface area contributed by atoms with E-state index in [1.54, 1.807) is 22.8 Å². The SMILES string of the molecule is CC(C)CCn1c(S[C@@H](C)C(N)=O)nc2sc3c(c2c1=O)CC[C@H](C)C3. The summed E-state index contributed by atoms with van der Waals surface area (Å²) in [5.74, 6) is 0.753. The number of nitrogens with zero attached hydrogens (tertiary/aromatic N) is 2. The number of aryl methyl sites for hydroxylation is 1. The molecule has 0 saturated carbocycles. The molecule has 5 nitrogen and oxygen atoms in total. The largest absolute Gasteiger partial charge is 0.369 e. The molecular formula is C19H27N3O2S2. The summed E-state index contributed by atoms with van der Waals surface area (Å²) in [7, 11) is 0. The summed E-state index contributed by atoms with van der Waals surface area (Å²) in [5, 5.41) is 0.997. The highest BCUT2D eigenvalue weighted by Crippen LogP contribution is 2.37. The highest BCUT2D eigenvalue weighted by molar-refractivity contribution is 8.00. The Morgan fingerprint density at radius 2 is 2.15 bits per heavy atom. The molecule has 0 radical (unpaired) electrons. The summed E-state index contributed by atoms with van der Waals surface area (Å²) >= 11 is 2.94. The van der Waals surface area contributed by atoms with Crippen molar-refractivity contribution in [3.05, 3.63) is 20.8 Å². The molecule has 2 heterocycles. The van der Waals surface area contributed by atoms with Crippen LogP contribution in [0.2, 0.25) is 0 Å². The standard InChI is InChI=1S/C19H27N3O2S2/c1-10(2)7-8-22-18(24)15-13-6-5-11(3)9-14(13)26-17(15)21-19(22)25-12(4)16(20)23/h10-12H,5-9H2,1-4H3,(H2,20,23)/t11-,12-/m0/s1. The van der Waals surface area contributed by atoms with Crippen molar-refractivity contribution in [1.82, 2.24) is 9.55 Å². The number of amides is 1. The molecule has 7 heteroatoms. The third-order valence-electron chi connectivity index (χ3n) is 4.99. The number of fused-ring (bicyclic) bond motifs is 3. The fourth-order valence-corrected chi connectivity index (χ4v) is 5.60. The van der Waals surface area contributed by atoms with Gasteiger partial charge in [-0.2, -0.15) is 0 Å². The maximum atomic E-state index is 13.3. The van der Waals surface area contributed by atoms with Crippen LogP contribution in [0, 0.1) is 11.8 Å². The fourth-order valence-electron chi connectivity index (χ4n) is 3.30. The molecule has 3 rings (SSSR count). The average Bonchev–Trinajstić information content (AvgIpc) is 2.91. The van der Waals surface area contributed by atoms with Gasteiger partial charge in [-0.1, -0.05) is 32.5 Å². The Labute approximate surface area is 162 Å². The van der Waals surface area contributed by atoms with E-state index < -0.39 is 5.25 Å². The summed E-state index contributed by atoms with van der Waals surface area (Å²) < 4.78 is 1.76. The minimum absolute atomic E-state index is 0.0434. The van der Waals surface area contributed by atoms with Gasteiger partial charge in [-0.25, -0.2) is 4.98 Å². The topological polar surface area (TPSA) is 78.0 Å². The third-order valence-corrected chi connectivity index (χ3v) is 7.25. The highest BCUT2D eigenvalue weighted by Gasteiger charge is 2.25. The zero-order chi connectivity index (χ0) is 19.0. The first kappa shape index (κ1) is 19.4. The monoisotopic (exact) mass is 393 g/mol. The lowest BCUT2D eigenvalue weighted by molar-refractivity contribution is -0.117. The molecule has 26 heavy (non-hydrogen) atoms. The average molecular weight is 394 g/mol.